The summed E-state index contributed by atoms with van der Waals surface area (Å²) in [6.07, 6.45) is 10.0. The van der Waals surface area contributed by atoms with Crippen LogP contribution in [0.5, 0.6) is 0 Å². The van der Waals surface area contributed by atoms with Gasteiger partial charge >= 0.3 is 5.97 Å². The Balaban J connectivity index is 2.51. The first kappa shape index (κ1) is 11.3. The van der Waals surface area contributed by atoms with Gasteiger partial charge in [-0.25, -0.2) is 4.79 Å². The van der Waals surface area contributed by atoms with Crippen LogP contribution in [0.25, 0.3) is 0 Å². The lowest BCUT2D eigenvalue weighted by Gasteiger charge is -2.26. The SMILES string of the molecule is CCCCC1(CCCC)C=CC(=O)O1. The first-order valence-corrected chi connectivity index (χ1v) is 5.64. The molecular weight excluding hydrogens is 176 g/mol. The summed E-state index contributed by atoms with van der Waals surface area (Å²) < 4.78 is 5.40. The van der Waals surface area contributed by atoms with Crippen LogP contribution < -0.4 is 0 Å². The van der Waals surface area contributed by atoms with E-state index in [-0.39, 0.29) is 11.6 Å². The molecule has 0 fully saturated rings. The maximum atomic E-state index is 11.1. The molecule has 0 bridgehead atoms. The number of hydrogen-bond donors (Lipinski definition) is 0. The van der Waals surface area contributed by atoms with E-state index in [0.717, 1.165) is 38.5 Å². The number of carbonyl (C=O) groups excluding carboxylic acids is 1. The van der Waals surface area contributed by atoms with E-state index in [4.69, 9.17) is 4.74 Å². The number of carbonyl (C=O) groups is 1. The van der Waals surface area contributed by atoms with Gasteiger partial charge in [-0.15, -0.1) is 0 Å². The average Bonchev–Trinajstić information content (AvgIpc) is 2.55. The summed E-state index contributed by atoms with van der Waals surface area (Å²) in [5.74, 6) is -0.169. The van der Waals surface area contributed by atoms with Gasteiger partial charge in [-0.2, -0.15) is 0 Å². The number of hydrogen-bond acceptors (Lipinski definition) is 2. The summed E-state index contributed by atoms with van der Waals surface area (Å²) in [4.78, 5) is 11.1. The van der Waals surface area contributed by atoms with Crippen molar-refractivity contribution in [2.45, 2.75) is 58.0 Å². The summed E-state index contributed by atoms with van der Waals surface area (Å²) >= 11 is 0. The van der Waals surface area contributed by atoms with Gasteiger partial charge in [0.05, 0.1) is 0 Å². The van der Waals surface area contributed by atoms with Crippen LogP contribution in [0.3, 0.4) is 0 Å². The molecule has 0 unspecified atom stereocenters. The Morgan fingerprint density at radius 2 is 1.79 bits per heavy atom. The molecule has 1 aliphatic heterocycles. The van der Waals surface area contributed by atoms with Gasteiger partial charge < -0.3 is 4.74 Å². The monoisotopic (exact) mass is 196 g/mol. The highest BCUT2D eigenvalue weighted by molar-refractivity contribution is 5.85. The normalized spacial score (nSPS) is 18.6. The van der Waals surface area contributed by atoms with Crippen molar-refractivity contribution >= 4 is 5.97 Å². The standard InChI is InChI=1S/C12H20O2/c1-3-5-8-12(9-6-4-2)10-7-11(13)14-12/h7,10H,3-6,8-9H2,1-2H3. The molecule has 0 radical (unpaired) electrons. The van der Waals surface area contributed by atoms with Gasteiger partial charge in [0.25, 0.3) is 0 Å². The predicted molar refractivity (Wildman–Crippen MR) is 57.0 cm³/mol. The van der Waals surface area contributed by atoms with Crippen molar-refractivity contribution in [3.8, 4) is 0 Å². The smallest absolute Gasteiger partial charge is 0.331 e. The lowest BCUT2D eigenvalue weighted by atomic mass is 9.91. The van der Waals surface area contributed by atoms with E-state index in [2.05, 4.69) is 13.8 Å². The lowest BCUT2D eigenvalue weighted by molar-refractivity contribution is -0.146. The van der Waals surface area contributed by atoms with E-state index < -0.39 is 0 Å². The van der Waals surface area contributed by atoms with E-state index in [1.807, 2.05) is 6.08 Å². The van der Waals surface area contributed by atoms with E-state index in [1.165, 1.54) is 0 Å². The zero-order valence-electron chi connectivity index (χ0n) is 9.21. The van der Waals surface area contributed by atoms with Crippen LogP contribution in [0.15, 0.2) is 12.2 Å². The predicted octanol–water partition coefficient (Wildman–Crippen LogP) is 3.22. The molecule has 80 valence electrons. The second-order valence-corrected chi connectivity index (χ2v) is 4.03. The highest BCUT2D eigenvalue weighted by Crippen LogP contribution is 2.31. The fourth-order valence-electron chi connectivity index (χ4n) is 1.83. The topological polar surface area (TPSA) is 26.3 Å². The molecule has 0 saturated carbocycles. The van der Waals surface area contributed by atoms with Crippen molar-refractivity contribution in [2.75, 3.05) is 0 Å². The summed E-state index contributed by atoms with van der Waals surface area (Å²) in [6, 6.07) is 0. The van der Waals surface area contributed by atoms with Crippen LogP contribution in [-0.4, -0.2) is 11.6 Å². The molecule has 0 aliphatic carbocycles. The molecule has 1 heterocycles. The fraction of sp³-hybridized carbons (Fsp3) is 0.750. The molecule has 14 heavy (non-hydrogen) atoms. The third-order valence-electron chi connectivity index (χ3n) is 2.73. The zero-order valence-corrected chi connectivity index (χ0v) is 9.21. The van der Waals surface area contributed by atoms with Crippen LogP contribution in [-0.2, 0) is 9.53 Å². The highest BCUT2D eigenvalue weighted by atomic mass is 16.6. The Hall–Kier alpha value is -0.790. The number of ether oxygens (including phenoxy) is 1. The second-order valence-electron chi connectivity index (χ2n) is 4.03. The van der Waals surface area contributed by atoms with Gasteiger partial charge in [-0.05, 0) is 31.8 Å². The Bertz CT molecular complexity index is 210. The molecule has 0 amide bonds. The second kappa shape index (κ2) is 5.18. The minimum atomic E-state index is -0.261. The third-order valence-corrected chi connectivity index (χ3v) is 2.73. The molecule has 0 spiro atoms. The number of unbranched alkanes of at least 4 members (excludes halogenated alkanes) is 2. The van der Waals surface area contributed by atoms with Crippen molar-refractivity contribution in [1.82, 2.24) is 0 Å². The largest absolute Gasteiger partial charge is 0.452 e. The summed E-state index contributed by atoms with van der Waals surface area (Å²) in [5, 5.41) is 0. The fourth-order valence-corrected chi connectivity index (χ4v) is 1.83. The molecule has 2 nitrogen and oxygen atoms in total. The number of esters is 1. The Morgan fingerprint density at radius 1 is 1.21 bits per heavy atom. The van der Waals surface area contributed by atoms with Crippen molar-refractivity contribution in [3.63, 3.8) is 0 Å². The lowest BCUT2D eigenvalue weighted by Crippen LogP contribution is -2.28. The number of cyclic esters (lactones) is 1. The molecule has 1 rings (SSSR count). The van der Waals surface area contributed by atoms with Gasteiger partial charge in [-0.1, -0.05) is 26.7 Å². The Labute approximate surface area is 86.3 Å². The molecule has 0 saturated heterocycles. The van der Waals surface area contributed by atoms with E-state index >= 15 is 0 Å². The minimum Gasteiger partial charge on any atom is -0.452 e. The Morgan fingerprint density at radius 3 is 2.14 bits per heavy atom. The maximum Gasteiger partial charge on any atom is 0.331 e. The van der Waals surface area contributed by atoms with E-state index in [1.54, 1.807) is 6.08 Å². The molecule has 0 aromatic rings. The van der Waals surface area contributed by atoms with Crippen molar-refractivity contribution in [2.24, 2.45) is 0 Å². The Kier molecular flexibility index (Phi) is 4.18. The van der Waals surface area contributed by atoms with Crippen LogP contribution in [0.2, 0.25) is 0 Å². The van der Waals surface area contributed by atoms with Gasteiger partial charge in [0, 0.05) is 6.08 Å². The van der Waals surface area contributed by atoms with Crippen molar-refractivity contribution in [1.29, 1.82) is 0 Å². The van der Waals surface area contributed by atoms with Gasteiger partial charge in [0.1, 0.15) is 5.60 Å². The van der Waals surface area contributed by atoms with Crippen molar-refractivity contribution < 1.29 is 9.53 Å². The minimum absolute atomic E-state index is 0.169. The average molecular weight is 196 g/mol. The summed E-state index contributed by atoms with van der Waals surface area (Å²) in [7, 11) is 0. The molecule has 2 heteroatoms. The van der Waals surface area contributed by atoms with Gasteiger partial charge in [-0.3, -0.25) is 0 Å². The molecule has 1 aliphatic rings. The van der Waals surface area contributed by atoms with Gasteiger partial charge in [0.15, 0.2) is 0 Å². The van der Waals surface area contributed by atoms with E-state index in [9.17, 15) is 4.79 Å². The number of rotatable bonds is 6. The first-order valence-electron chi connectivity index (χ1n) is 5.64. The van der Waals surface area contributed by atoms with E-state index in [0.29, 0.717) is 0 Å². The van der Waals surface area contributed by atoms with Crippen LogP contribution in [0.1, 0.15) is 52.4 Å². The third kappa shape index (κ3) is 2.86. The highest BCUT2D eigenvalue weighted by Gasteiger charge is 2.33. The molecule has 0 atom stereocenters. The summed E-state index contributed by atoms with van der Waals surface area (Å²) in [6.45, 7) is 4.32. The van der Waals surface area contributed by atoms with Crippen LogP contribution in [0, 0.1) is 0 Å². The van der Waals surface area contributed by atoms with Crippen molar-refractivity contribution in [3.05, 3.63) is 12.2 Å². The van der Waals surface area contributed by atoms with Crippen LogP contribution in [0.4, 0.5) is 0 Å². The molecular formula is C12H20O2. The first-order chi connectivity index (χ1) is 6.72. The maximum absolute atomic E-state index is 11.1. The summed E-state index contributed by atoms with van der Waals surface area (Å²) in [5.41, 5.74) is -0.261. The zero-order chi connectivity index (χ0) is 10.4. The molecule has 0 aromatic carbocycles. The molecule has 0 aromatic heterocycles. The van der Waals surface area contributed by atoms with Crippen LogP contribution >= 0.6 is 0 Å². The van der Waals surface area contributed by atoms with Gasteiger partial charge in [0.2, 0.25) is 0 Å². The molecule has 0 N–H and O–H groups in total. The quantitative estimate of drug-likeness (QED) is 0.610.